The molecule has 6 nitrogen and oxygen atoms in total. The van der Waals surface area contributed by atoms with Crippen LogP contribution in [0.1, 0.15) is 12.7 Å². The number of likely N-dealkylation sites (N-methyl/N-ethyl adjacent to an activating group) is 2. The van der Waals surface area contributed by atoms with Gasteiger partial charge in [0.15, 0.2) is 0 Å². The first-order chi connectivity index (χ1) is 8.70. The lowest BCUT2D eigenvalue weighted by Gasteiger charge is -2.37. The third-order valence-corrected chi connectivity index (χ3v) is 3.64. The molecule has 0 spiro atoms. The van der Waals surface area contributed by atoms with E-state index in [9.17, 15) is 0 Å². The molecule has 6 heteroatoms. The molecule has 1 aliphatic heterocycles. The van der Waals surface area contributed by atoms with Gasteiger partial charge in [-0.1, -0.05) is 0 Å². The molecule has 1 aromatic rings. The van der Waals surface area contributed by atoms with E-state index in [0.717, 1.165) is 45.1 Å². The summed E-state index contributed by atoms with van der Waals surface area (Å²) in [7, 11) is 4.39. The number of aromatic nitrogens is 3. The highest BCUT2D eigenvalue weighted by atomic mass is 15.3. The lowest BCUT2D eigenvalue weighted by molar-refractivity contribution is 0.113. The van der Waals surface area contributed by atoms with Crippen LogP contribution in [-0.2, 0) is 13.1 Å². The molecular formula is C12H24N6. The zero-order chi connectivity index (χ0) is 13.0. The second-order valence-corrected chi connectivity index (χ2v) is 5.02. The van der Waals surface area contributed by atoms with Gasteiger partial charge in [-0.2, -0.15) is 5.10 Å². The van der Waals surface area contributed by atoms with Crippen LogP contribution in [0.4, 0.5) is 0 Å². The van der Waals surface area contributed by atoms with Gasteiger partial charge in [0.25, 0.3) is 0 Å². The number of nitrogens with zero attached hydrogens (tertiary/aromatic N) is 5. The fraction of sp³-hybridized carbons (Fsp3) is 0.833. The van der Waals surface area contributed by atoms with Gasteiger partial charge in [-0.3, -0.25) is 4.90 Å². The molecule has 0 aliphatic carbocycles. The highest BCUT2D eigenvalue weighted by Crippen LogP contribution is 2.05. The van der Waals surface area contributed by atoms with Crippen molar-refractivity contribution >= 4 is 0 Å². The summed E-state index contributed by atoms with van der Waals surface area (Å²) >= 11 is 0. The first-order valence-corrected chi connectivity index (χ1v) is 6.67. The van der Waals surface area contributed by atoms with Crippen molar-refractivity contribution < 1.29 is 0 Å². The highest BCUT2D eigenvalue weighted by Gasteiger charge is 2.21. The van der Waals surface area contributed by atoms with Crippen molar-refractivity contribution in [1.82, 2.24) is 29.9 Å². The van der Waals surface area contributed by atoms with Crippen molar-refractivity contribution in [1.29, 1.82) is 0 Å². The van der Waals surface area contributed by atoms with E-state index in [1.807, 2.05) is 4.68 Å². The predicted octanol–water partition coefficient (Wildman–Crippen LogP) is -0.367. The minimum Gasteiger partial charge on any atom is -0.308 e. The Bertz CT molecular complexity index is 363. The van der Waals surface area contributed by atoms with Crippen LogP contribution in [0.5, 0.6) is 0 Å². The molecular weight excluding hydrogens is 228 g/mol. The van der Waals surface area contributed by atoms with Crippen LogP contribution >= 0.6 is 0 Å². The van der Waals surface area contributed by atoms with Gasteiger partial charge >= 0.3 is 0 Å². The van der Waals surface area contributed by atoms with E-state index in [1.54, 1.807) is 6.33 Å². The first-order valence-electron chi connectivity index (χ1n) is 6.67. The molecule has 1 aromatic heterocycles. The molecule has 1 aliphatic rings. The summed E-state index contributed by atoms with van der Waals surface area (Å²) in [6, 6.07) is 0.585. The number of rotatable bonds is 5. The Morgan fingerprint density at radius 3 is 3.00 bits per heavy atom. The maximum absolute atomic E-state index is 4.27. The third kappa shape index (κ3) is 3.28. The number of aryl methyl sites for hydroxylation is 1. The molecule has 0 bridgehead atoms. The molecule has 1 atom stereocenters. The molecule has 1 unspecified atom stereocenters. The van der Waals surface area contributed by atoms with E-state index in [4.69, 9.17) is 0 Å². The van der Waals surface area contributed by atoms with Crippen LogP contribution < -0.4 is 5.32 Å². The SMILES string of the molecule is CCn1ncnc1CNCC1CN(C)CCN1C. The molecule has 1 N–H and O–H groups in total. The van der Waals surface area contributed by atoms with Gasteiger partial charge in [-0.25, -0.2) is 9.67 Å². The van der Waals surface area contributed by atoms with Gasteiger partial charge in [-0.15, -0.1) is 0 Å². The fourth-order valence-corrected chi connectivity index (χ4v) is 2.36. The Morgan fingerprint density at radius 1 is 1.39 bits per heavy atom. The van der Waals surface area contributed by atoms with Gasteiger partial charge < -0.3 is 10.2 Å². The van der Waals surface area contributed by atoms with E-state index >= 15 is 0 Å². The monoisotopic (exact) mass is 252 g/mol. The smallest absolute Gasteiger partial charge is 0.140 e. The molecule has 2 heterocycles. The van der Waals surface area contributed by atoms with Gasteiger partial charge in [0.05, 0.1) is 6.54 Å². The Morgan fingerprint density at radius 2 is 2.22 bits per heavy atom. The second kappa shape index (κ2) is 6.26. The molecule has 18 heavy (non-hydrogen) atoms. The first kappa shape index (κ1) is 13.5. The van der Waals surface area contributed by atoms with Crippen LogP contribution in [-0.4, -0.2) is 70.9 Å². The number of nitrogens with one attached hydrogen (secondary N) is 1. The van der Waals surface area contributed by atoms with Crippen molar-refractivity contribution in [3.05, 3.63) is 12.2 Å². The van der Waals surface area contributed by atoms with Crippen LogP contribution in [0.15, 0.2) is 6.33 Å². The van der Waals surface area contributed by atoms with Crippen molar-refractivity contribution in [2.45, 2.75) is 26.1 Å². The number of hydrogen-bond acceptors (Lipinski definition) is 5. The van der Waals surface area contributed by atoms with E-state index in [-0.39, 0.29) is 0 Å². The average Bonchev–Trinajstić information content (AvgIpc) is 2.81. The van der Waals surface area contributed by atoms with E-state index in [1.165, 1.54) is 0 Å². The quantitative estimate of drug-likeness (QED) is 0.775. The summed E-state index contributed by atoms with van der Waals surface area (Å²) < 4.78 is 1.93. The Balaban J connectivity index is 1.77. The minimum atomic E-state index is 0.585. The topological polar surface area (TPSA) is 49.2 Å². The largest absolute Gasteiger partial charge is 0.308 e. The van der Waals surface area contributed by atoms with Crippen LogP contribution in [0.3, 0.4) is 0 Å². The summed E-state index contributed by atoms with van der Waals surface area (Å²) in [6.07, 6.45) is 1.63. The molecule has 2 rings (SSSR count). The maximum atomic E-state index is 4.27. The van der Waals surface area contributed by atoms with Crippen LogP contribution in [0.25, 0.3) is 0 Å². The number of piperazine rings is 1. The fourth-order valence-electron chi connectivity index (χ4n) is 2.36. The molecule has 0 aromatic carbocycles. The lowest BCUT2D eigenvalue weighted by atomic mass is 10.2. The molecule has 0 amide bonds. The Labute approximate surface area is 109 Å². The van der Waals surface area contributed by atoms with Crippen molar-refractivity contribution in [2.75, 3.05) is 40.3 Å². The second-order valence-electron chi connectivity index (χ2n) is 5.02. The van der Waals surface area contributed by atoms with E-state index < -0.39 is 0 Å². The summed E-state index contributed by atoms with van der Waals surface area (Å²) in [5, 5.41) is 7.67. The van der Waals surface area contributed by atoms with Crippen LogP contribution in [0, 0.1) is 0 Å². The van der Waals surface area contributed by atoms with Gasteiger partial charge in [0.1, 0.15) is 12.2 Å². The average molecular weight is 252 g/mol. The van der Waals surface area contributed by atoms with Crippen molar-refractivity contribution in [2.24, 2.45) is 0 Å². The molecule has 0 saturated carbocycles. The van der Waals surface area contributed by atoms with Crippen molar-refractivity contribution in [3.8, 4) is 0 Å². The Kier molecular flexibility index (Phi) is 4.68. The molecule has 102 valence electrons. The Hall–Kier alpha value is -0.980. The summed E-state index contributed by atoms with van der Waals surface area (Å²) in [4.78, 5) is 9.09. The molecule has 0 radical (unpaired) electrons. The van der Waals surface area contributed by atoms with E-state index in [0.29, 0.717) is 6.04 Å². The predicted molar refractivity (Wildman–Crippen MR) is 71.3 cm³/mol. The van der Waals surface area contributed by atoms with E-state index in [2.05, 4.69) is 46.2 Å². The van der Waals surface area contributed by atoms with Crippen LogP contribution in [0.2, 0.25) is 0 Å². The summed E-state index contributed by atoms with van der Waals surface area (Å²) in [5.41, 5.74) is 0. The summed E-state index contributed by atoms with van der Waals surface area (Å²) in [5.74, 6) is 1.02. The minimum absolute atomic E-state index is 0.585. The normalized spacial score (nSPS) is 22.5. The zero-order valence-corrected chi connectivity index (χ0v) is 11.6. The van der Waals surface area contributed by atoms with Crippen molar-refractivity contribution in [3.63, 3.8) is 0 Å². The molecule has 1 fully saturated rings. The lowest BCUT2D eigenvalue weighted by Crippen LogP contribution is -2.53. The van der Waals surface area contributed by atoms with Gasteiger partial charge in [0.2, 0.25) is 0 Å². The van der Waals surface area contributed by atoms with Gasteiger partial charge in [-0.05, 0) is 21.0 Å². The highest BCUT2D eigenvalue weighted by molar-refractivity contribution is 4.85. The molecule has 1 saturated heterocycles. The number of hydrogen-bond donors (Lipinski definition) is 1. The summed E-state index contributed by atoms with van der Waals surface area (Å²) in [6.45, 7) is 8.19. The third-order valence-electron chi connectivity index (χ3n) is 3.64. The van der Waals surface area contributed by atoms with Gasteiger partial charge in [0, 0.05) is 38.8 Å². The standard InChI is InChI=1S/C12H24N6/c1-4-18-12(14-10-15-18)8-13-7-11-9-16(2)5-6-17(11)3/h10-11,13H,4-9H2,1-3H3. The zero-order valence-electron chi connectivity index (χ0n) is 11.6. The maximum Gasteiger partial charge on any atom is 0.140 e.